The lowest BCUT2D eigenvalue weighted by Gasteiger charge is -2.05. The van der Waals surface area contributed by atoms with Crippen LogP contribution in [0.15, 0.2) is 62.8 Å². The lowest BCUT2D eigenvalue weighted by Crippen LogP contribution is -2.44. The fraction of sp³-hybridized carbons (Fsp3) is 0.167. The molecule has 134 valence electrons. The van der Waals surface area contributed by atoms with E-state index in [-0.39, 0.29) is 12.2 Å². The van der Waals surface area contributed by atoms with Gasteiger partial charge in [-0.05, 0) is 46.2 Å². The van der Waals surface area contributed by atoms with Gasteiger partial charge in [0.2, 0.25) is 5.69 Å². The standard InChI is InChI=1S/C18H16ClN3O4/c1-25-15-7-5-14(6-8-15)22-16(18(24)26-21-22)17(23)20-10-9-12-3-2-4-13(19)11-12/h2-8,11H,9-10H2,1H3,(H-,20,21,23,24). The van der Waals surface area contributed by atoms with Gasteiger partial charge in [-0.1, -0.05) is 23.7 Å². The summed E-state index contributed by atoms with van der Waals surface area (Å²) in [4.78, 5) is 15.9. The molecule has 0 atom stereocenters. The Bertz CT molecular complexity index is 977. The Morgan fingerprint density at radius 1 is 1.31 bits per heavy atom. The molecule has 3 rings (SSSR count). The van der Waals surface area contributed by atoms with Gasteiger partial charge >= 0.3 is 11.3 Å². The number of benzene rings is 2. The van der Waals surface area contributed by atoms with E-state index >= 15 is 0 Å². The summed E-state index contributed by atoms with van der Waals surface area (Å²) < 4.78 is 11.1. The maximum absolute atomic E-state index is 12.4. The second-order valence-corrected chi connectivity index (χ2v) is 5.87. The lowest BCUT2D eigenvalue weighted by molar-refractivity contribution is -0.673. The van der Waals surface area contributed by atoms with E-state index in [2.05, 4.69) is 10.3 Å². The SMILES string of the molecule is COc1ccc(-[n+]2[nH]oc(=O)c2C([O-])=NCCc2cccc(Cl)c2)cc1. The van der Waals surface area contributed by atoms with Crippen molar-refractivity contribution in [3.05, 3.63) is 75.2 Å². The Morgan fingerprint density at radius 3 is 2.77 bits per heavy atom. The highest BCUT2D eigenvalue weighted by Gasteiger charge is 2.23. The number of nitrogens with one attached hydrogen (secondary N) is 1. The number of nitrogens with zero attached hydrogens (tertiary/aromatic N) is 2. The van der Waals surface area contributed by atoms with Crippen LogP contribution in [-0.2, 0) is 6.42 Å². The van der Waals surface area contributed by atoms with Gasteiger partial charge in [0.25, 0.3) is 0 Å². The maximum Gasteiger partial charge on any atom is 0.436 e. The molecule has 0 aliphatic rings. The van der Waals surface area contributed by atoms with Crippen LogP contribution in [0.25, 0.3) is 5.69 Å². The van der Waals surface area contributed by atoms with Crippen molar-refractivity contribution in [3.63, 3.8) is 0 Å². The Balaban J connectivity index is 1.81. The fourth-order valence-corrected chi connectivity index (χ4v) is 2.64. The highest BCUT2D eigenvalue weighted by atomic mass is 35.5. The molecule has 0 spiro atoms. The van der Waals surface area contributed by atoms with E-state index in [9.17, 15) is 9.90 Å². The predicted molar refractivity (Wildman–Crippen MR) is 94.0 cm³/mol. The average Bonchev–Trinajstić information content (AvgIpc) is 3.03. The van der Waals surface area contributed by atoms with Gasteiger partial charge in [0, 0.05) is 23.7 Å². The number of aromatic nitrogens is 2. The molecular formula is C18H16ClN3O4. The van der Waals surface area contributed by atoms with Gasteiger partial charge in [-0.25, -0.2) is 4.79 Å². The number of hydrogen-bond donors (Lipinski definition) is 1. The van der Waals surface area contributed by atoms with Crippen LogP contribution in [0.5, 0.6) is 5.75 Å². The van der Waals surface area contributed by atoms with Crippen LogP contribution in [0.1, 0.15) is 11.3 Å². The Morgan fingerprint density at radius 2 is 2.08 bits per heavy atom. The van der Waals surface area contributed by atoms with Gasteiger partial charge in [0.1, 0.15) is 5.75 Å². The predicted octanol–water partition coefficient (Wildman–Crippen LogP) is 1.26. The zero-order valence-corrected chi connectivity index (χ0v) is 14.7. The van der Waals surface area contributed by atoms with E-state index in [4.69, 9.17) is 20.9 Å². The van der Waals surface area contributed by atoms with Gasteiger partial charge in [0.05, 0.1) is 13.0 Å². The van der Waals surface area contributed by atoms with E-state index in [1.807, 2.05) is 18.2 Å². The van der Waals surface area contributed by atoms with Crippen LogP contribution in [0.3, 0.4) is 0 Å². The molecule has 1 heterocycles. The largest absolute Gasteiger partial charge is 0.854 e. The molecule has 26 heavy (non-hydrogen) atoms. The first kappa shape index (κ1) is 17.8. The van der Waals surface area contributed by atoms with Crippen LogP contribution in [0.4, 0.5) is 0 Å². The second kappa shape index (κ2) is 7.88. The number of ether oxygens (including phenoxy) is 1. The van der Waals surface area contributed by atoms with Gasteiger partial charge in [-0.2, -0.15) is 0 Å². The molecular weight excluding hydrogens is 358 g/mol. The first-order valence-electron chi connectivity index (χ1n) is 7.82. The summed E-state index contributed by atoms with van der Waals surface area (Å²) in [6.07, 6.45) is 0.532. The minimum Gasteiger partial charge on any atom is -0.854 e. The minimum absolute atomic E-state index is 0.193. The van der Waals surface area contributed by atoms with Gasteiger partial charge in [-0.15, -0.1) is 0 Å². The summed E-state index contributed by atoms with van der Waals surface area (Å²) >= 11 is 5.93. The molecule has 7 nitrogen and oxygen atoms in total. The average molecular weight is 374 g/mol. The number of H-pyrrole nitrogens is 1. The van der Waals surface area contributed by atoms with Crippen molar-refractivity contribution in [2.24, 2.45) is 4.99 Å². The molecule has 3 aromatic rings. The summed E-state index contributed by atoms with van der Waals surface area (Å²) in [6, 6.07) is 14.1. The summed E-state index contributed by atoms with van der Waals surface area (Å²) in [5.41, 5.74) is 0.529. The lowest BCUT2D eigenvalue weighted by atomic mass is 10.1. The topological polar surface area (TPSA) is 94.5 Å². The molecule has 2 aromatic carbocycles. The molecule has 0 radical (unpaired) electrons. The summed E-state index contributed by atoms with van der Waals surface area (Å²) in [7, 11) is 1.55. The zero-order chi connectivity index (χ0) is 18.5. The number of aromatic amines is 1. The molecule has 0 saturated carbocycles. The number of methoxy groups -OCH3 is 1. The van der Waals surface area contributed by atoms with Crippen LogP contribution < -0.4 is 20.2 Å². The Hall–Kier alpha value is -3.06. The first-order chi connectivity index (χ1) is 12.6. The molecule has 0 amide bonds. The number of rotatable bonds is 6. The summed E-state index contributed by atoms with van der Waals surface area (Å²) in [5, 5.41) is 15.4. The molecule has 0 bridgehead atoms. The number of halogens is 1. The van der Waals surface area contributed by atoms with E-state index in [1.165, 1.54) is 4.68 Å². The van der Waals surface area contributed by atoms with Crippen molar-refractivity contribution in [2.45, 2.75) is 6.42 Å². The molecule has 8 heteroatoms. The van der Waals surface area contributed by atoms with Gasteiger partial charge in [-0.3, -0.25) is 9.52 Å². The highest BCUT2D eigenvalue weighted by molar-refractivity contribution is 6.30. The van der Waals surface area contributed by atoms with Crippen LogP contribution in [0.2, 0.25) is 5.02 Å². The van der Waals surface area contributed by atoms with Crippen LogP contribution >= 0.6 is 11.6 Å². The van der Waals surface area contributed by atoms with Crippen molar-refractivity contribution in [1.29, 1.82) is 0 Å². The molecule has 0 aliphatic carbocycles. The summed E-state index contributed by atoms with van der Waals surface area (Å²) in [5.74, 6) is -0.00266. The van der Waals surface area contributed by atoms with Crippen molar-refractivity contribution < 1.29 is 19.0 Å². The van der Waals surface area contributed by atoms with Crippen molar-refractivity contribution in [2.75, 3.05) is 13.7 Å². The van der Waals surface area contributed by atoms with Gasteiger partial charge in [0.15, 0.2) is 0 Å². The van der Waals surface area contributed by atoms with Crippen LogP contribution in [0, 0.1) is 0 Å². The first-order valence-corrected chi connectivity index (χ1v) is 8.20. The molecule has 0 fully saturated rings. The molecule has 1 N–H and O–H groups in total. The smallest absolute Gasteiger partial charge is 0.436 e. The quantitative estimate of drug-likeness (QED) is 0.400. The molecule has 0 aliphatic heterocycles. The van der Waals surface area contributed by atoms with Crippen LogP contribution in [-0.4, -0.2) is 24.8 Å². The maximum atomic E-state index is 12.4. The third-order valence-electron chi connectivity index (χ3n) is 3.72. The van der Waals surface area contributed by atoms with E-state index < -0.39 is 11.5 Å². The fourth-order valence-electron chi connectivity index (χ4n) is 2.42. The monoisotopic (exact) mass is 373 g/mol. The third-order valence-corrected chi connectivity index (χ3v) is 3.96. The van der Waals surface area contributed by atoms with Crippen molar-refractivity contribution in [3.8, 4) is 11.4 Å². The second-order valence-electron chi connectivity index (χ2n) is 5.43. The van der Waals surface area contributed by atoms with E-state index in [0.717, 1.165) is 5.56 Å². The number of aliphatic imine (C=N–C) groups is 1. The third kappa shape index (κ3) is 3.94. The number of hydrogen-bond acceptors (Lipinski definition) is 5. The molecule has 1 aromatic heterocycles. The minimum atomic E-state index is -0.780. The highest BCUT2D eigenvalue weighted by Crippen LogP contribution is 2.12. The van der Waals surface area contributed by atoms with E-state index in [0.29, 0.717) is 22.9 Å². The van der Waals surface area contributed by atoms with Crippen molar-refractivity contribution >= 4 is 17.5 Å². The van der Waals surface area contributed by atoms with Crippen molar-refractivity contribution in [1.82, 2.24) is 5.27 Å². The Labute approximate surface area is 154 Å². The summed E-state index contributed by atoms with van der Waals surface area (Å²) in [6.45, 7) is 0.229. The Kier molecular flexibility index (Phi) is 5.38. The van der Waals surface area contributed by atoms with E-state index in [1.54, 1.807) is 37.4 Å². The van der Waals surface area contributed by atoms with Gasteiger partial charge < -0.3 is 9.84 Å². The zero-order valence-electron chi connectivity index (χ0n) is 13.9. The molecule has 0 unspecified atom stereocenters. The molecule has 0 saturated heterocycles. The normalized spacial score (nSPS) is 11.5.